The lowest BCUT2D eigenvalue weighted by atomic mass is 10.1. The molecule has 0 aliphatic rings. The van der Waals surface area contributed by atoms with Gasteiger partial charge in [0.25, 0.3) is 10.0 Å². The van der Waals surface area contributed by atoms with E-state index in [1.54, 1.807) is 40.7 Å². The molecule has 1 N–H and O–H groups in total. The van der Waals surface area contributed by atoms with E-state index in [1.807, 2.05) is 6.92 Å². The van der Waals surface area contributed by atoms with Crippen molar-refractivity contribution in [2.24, 2.45) is 5.92 Å². The van der Waals surface area contributed by atoms with Gasteiger partial charge in [0.15, 0.2) is 0 Å². The summed E-state index contributed by atoms with van der Waals surface area (Å²) in [6.07, 6.45) is 0. The van der Waals surface area contributed by atoms with Crippen LogP contribution in [0, 0.1) is 12.8 Å². The van der Waals surface area contributed by atoms with Gasteiger partial charge >= 0.3 is 5.97 Å². The maximum atomic E-state index is 12.3. The van der Waals surface area contributed by atoms with Crippen molar-refractivity contribution in [1.82, 2.24) is 4.72 Å². The molecule has 0 radical (unpaired) electrons. The third kappa shape index (κ3) is 5.41. The molecular formula is C14H23NO4S2. The van der Waals surface area contributed by atoms with E-state index < -0.39 is 27.6 Å². The molecule has 0 spiro atoms. The Balaban J connectivity index is 2.96. The fourth-order valence-electron chi connectivity index (χ4n) is 1.60. The highest BCUT2D eigenvalue weighted by Crippen LogP contribution is 2.22. The van der Waals surface area contributed by atoms with E-state index in [-0.39, 0.29) is 10.1 Å². The first-order chi connectivity index (χ1) is 9.42. The number of nitrogens with one attached hydrogen (secondary N) is 1. The molecule has 21 heavy (non-hydrogen) atoms. The van der Waals surface area contributed by atoms with Gasteiger partial charge in [-0.05, 0) is 45.7 Å². The molecule has 0 bridgehead atoms. The molecule has 0 saturated carbocycles. The van der Waals surface area contributed by atoms with Gasteiger partial charge < -0.3 is 4.74 Å². The van der Waals surface area contributed by atoms with E-state index >= 15 is 0 Å². The van der Waals surface area contributed by atoms with Crippen LogP contribution in [0.3, 0.4) is 0 Å². The number of esters is 1. The first kappa shape index (κ1) is 18.1. The predicted molar refractivity (Wildman–Crippen MR) is 83.8 cm³/mol. The van der Waals surface area contributed by atoms with E-state index in [1.165, 1.54) is 17.4 Å². The summed E-state index contributed by atoms with van der Waals surface area (Å²) in [5, 5.41) is 0. The number of hydrogen-bond acceptors (Lipinski definition) is 5. The van der Waals surface area contributed by atoms with Gasteiger partial charge in [-0.2, -0.15) is 4.72 Å². The van der Waals surface area contributed by atoms with Crippen LogP contribution < -0.4 is 4.72 Å². The summed E-state index contributed by atoms with van der Waals surface area (Å²) < 4.78 is 32.6. The van der Waals surface area contributed by atoms with Gasteiger partial charge in [-0.1, -0.05) is 13.8 Å². The Morgan fingerprint density at radius 3 is 2.24 bits per heavy atom. The zero-order valence-electron chi connectivity index (χ0n) is 13.3. The number of aryl methyl sites for hydroxylation is 1. The Hall–Kier alpha value is -0.920. The summed E-state index contributed by atoms with van der Waals surface area (Å²) in [6, 6.07) is 2.36. The Morgan fingerprint density at radius 2 is 1.86 bits per heavy atom. The van der Waals surface area contributed by atoms with Crippen molar-refractivity contribution in [2.75, 3.05) is 0 Å². The number of ether oxygens (including phenoxy) is 1. The van der Waals surface area contributed by atoms with E-state index in [0.29, 0.717) is 0 Å². The van der Waals surface area contributed by atoms with Crippen molar-refractivity contribution in [3.63, 3.8) is 0 Å². The lowest BCUT2D eigenvalue weighted by molar-refractivity contribution is -0.158. The van der Waals surface area contributed by atoms with Crippen LogP contribution >= 0.6 is 11.3 Å². The third-order valence-electron chi connectivity index (χ3n) is 2.59. The second kappa shape index (κ2) is 6.46. The average Bonchev–Trinajstić information content (AvgIpc) is 2.70. The van der Waals surface area contributed by atoms with E-state index in [2.05, 4.69) is 4.72 Å². The largest absolute Gasteiger partial charge is 0.459 e. The van der Waals surface area contributed by atoms with E-state index in [9.17, 15) is 13.2 Å². The molecule has 1 heterocycles. The monoisotopic (exact) mass is 333 g/mol. The summed E-state index contributed by atoms with van der Waals surface area (Å²) in [7, 11) is -3.72. The first-order valence-corrected chi connectivity index (χ1v) is 9.04. The highest BCUT2D eigenvalue weighted by atomic mass is 32.2. The zero-order valence-corrected chi connectivity index (χ0v) is 14.9. The number of carbonyl (C=O) groups excluding carboxylic acids is 1. The normalized spacial score (nSPS) is 14.2. The molecule has 0 aliphatic carbocycles. The maximum Gasteiger partial charge on any atom is 0.324 e. The molecule has 0 unspecified atom stereocenters. The van der Waals surface area contributed by atoms with Crippen LogP contribution in [0.4, 0.5) is 0 Å². The average molecular weight is 333 g/mol. The van der Waals surface area contributed by atoms with Crippen molar-refractivity contribution >= 4 is 27.3 Å². The minimum atomic E-state index is -3.72. The third-order valence-corrected chi connectivity index (χ3v) is 5.52. The number of thiophene rings is 1. The van der Waals surface area contributed by atoms with Gasteiger partial charge in [-0.3, -0.25) is 4.79 Å². The van der Waals surface area contributed by atoms with Crippen molar-refractivity contribution in [1.29, 1.82) is 0 Å². The fourth-order valence-corrected chi connectivity index (χ4v) is 4.24. The van der Waals surface area contributed by atoms with E-state index in [4.69, 9.17) is 4.74 Å². The number of hydrogen-bond donors (Lipinski definition) is 1. The Kier molecular flexibility index (Phi) is 5.57. The lowest BCUT2D eigenvalue weighted by Crippen LogP contribution is -2.47. The maximum absolute atomic E-state index is 12.3. The Labute approximate surface area is 130 Å². The van der Waals surface area contributed by atoms with Gasteiger partial charge in [-0.25, -0.2) is 8.42 Å². The summed E-state index contributed by atoms with van der Waals surface area (Å²) in [5.74, 6) is -0.773. The molecule has 1 atom stereocenters. The molecule has 0 amide bonds. The van der Waals surface area contributed by atoms with Crippen LogP contribution in [-0.2, 0) is 19.6 Å². The number of sulfonamides is 1. The quantitative estimate of drug-likeness (QED) is 0.841. The molecule has 0 fully saturated rings. The lowest BCUT2D eigenvalue weighted by Gasteiger charge is -2.26. The van der Waals surface area contributed by atoms with Crippen LogP contribution in [0.2, 0.25) is 0 Å². The summed E-state index contributed by atoms with van der Waals surface area (Å²) in [4.78, 5) is 13.1. The molecule has 1 aromatic rings. The van der Waals surface area contributed by atoms with E-state index in [0.717, 1.165) is 4.88 Å². The minimum absolute atomic E-state index is 0.203. The van der Waals surface area contributed by atoms with Crippen molar-refractivity contribution in [3.05, 3.63) is 17.0 Å². The van der Waals surface area contributed by atoms with Crippen molar-refractivity contribution in [3.8, 4) is 0 Å². The Morgan fingerprint density at radius 1 is 1.29 bits per heavy atom. The second-order valence-electron chi connectivity index (χ2n) is 6.24. The molecule has 1 aromatic heterocycles. The zero-order chi connectivity index (χ0) is 16.4. The van der Waals surface area contributed by atoms with Gasteiger partial charge in [0.05, 0.1) is 0 Å². The molecule has 7 heteroatoms. The standard InChI is InChI=1S/C14H23NO4S2/c1-9(2)12(13(16)19-14(4,5)6)15-21(17,18)11-8-7-10(3)20-11/h7-9,12,15H,1-6H3/t12-/m0/s1. The SMILES string of the molecule is Cc1ccc(S(=O)(=O)N[C@H](C(=O)OC(C)(C)C)C(C)C)s1. The fraction of sp³-hybridized carbons (Fsp3) is 0.643. The smallest absolute Gasteiger partial charge is 0.324 e. The van der Waals surface area contributed by atoms with Crippen LogP contribution in [0.25, 0.3) is 0 Å². The Bertz CT molecular complexity index is 597. The predicted octanol–water partition coefficient (Wildman–Crippen LogP) is 2.70. The van der Waals surface area contributed by atoms with Gasteiger partial charge in [-0.15, -0.1) is 11.3 Å². The molecule has 5 nitrogen and oxygen atoms in total. The van der Waals surface area contributed by atoms with Gasteiger partial charge in [0.2, 0.25) is 0 Å². The highest BCUT2D eigenvalue weighted by molar-refractivity contribution is 7.91. The van der Waals surface area contributed by atoms with Crippen LogP contribution in [0.1, 0.15) is 39.5 Å². The highest BCUT2D eigenvalue weighted by Gasteiger charge is 2.32. The molecule has 120 valence electrons. The second-order valence-corrected chi connectivity index (χ2v) is 9.47. The summed E-state index contributed by atoms with van der Waals surface area (Å²) >= 11 is 1.17. The summed E-state index contributed by atoms with van der Waals surface area (Å²) in [6.45, 7) is 10.6. The van der Waals surface area contributed by atoms with Crippen molar-refractivity contribution < 1.29 is 17.9 Å². The summed E-state index contributed by atoms with van der Waals surface area (Å²) in [5.41, 5.74) is -0.658. The number of rotatable bonds is 5. The van der Waals surface area contributed by atoms with Crippen LogP contribution in [-0.4, -0.2) is 26.0 Å². The van der Waals surface area contributed by atoms with Crippen LogP contribution in [0.5, 0.6) is 0 Å². The topological polar surface area (TPSA) is 72.5 Å². The van der Waals surface area contributed by atoms with Crippen molar-refractivity contribution in [2.45, 2.75) is 57.4 Å². The first-order valence-electron chi connectivity index (χ1n) is 6.74. The molecular weight excluding hydrogens is 310 g/mol. The number of carbonyl (C=O) groups is 1. The molecule has 1 rings (SSSR count). The van der Waals surface area contributed by atoms with Crippen LogP contribution in [0.15, 0.2) is 16.3 Å². The van der Waals surface area contributed by atoms with Gasteiger partial charge in [0.1, 0.15) is 15.9 Å². The minimum Gasteiger partial charge on any atom is -0.459 e. The molecule has 0 aromatic carbocycles. The molecule has 0 aliphatic heterocycles. The molecule has 0 saturated heterocycles. The van der Waals surface area contributed by atoms with Gasteiger partial charge in [0, 0.05) is 4.88 Å².